The lowest BCUT2D eigenvalue weighted by atomic mass is 10.3. The highest BCUT2D eigenvalue weighted by Crippen LogP contribution is 2.21. The Morgan fingerprint density at radius 2 is 1.92 bits per heavy atom. The van der Waals surface area contributed by atoms with Crippen molar-refractivity contribution in [1.29, 1.82) is 0 Å². The number of ether oxygens (including phenoxy) is 1. The number of para-hydroxylation sites is 2. The Labute approximate surface area is 157 Å². The number of nitrogens with one attached hydrogen (secondary N) is 1. The quantitative estimate of drug-likeness (QED) is 0.587. The van der Waals surface area contributed by atoms with Gasteiger partial charge in [0.25, 0.3) is 0 Å². The highest BCUT2D eigenvalue weighted by molar-refractivity contribution is 7.18. The molecule has 1 amide bonds. The summed E-state index contributed by atoms with van der Waals surface area (Å²) < 4.78 is 6.62. The molecular weight excluding hydrogens is 346 g/mol. The van der Waals surface area contributed by atoms with E-state index in [1.54, 1.807) is 11.3 Å². The zero-order valence-electron chi connectivity index (χ0n) is 14.9. The molecule has 3 aromatic rings. The van der Waals surface area contributed by atoms with Crippen molar-refractivity contribution in [1.82, 2.24) is 10.3 Å². The van der Waals surface area contributed by atoms with E-state index in [0.717, 1.165) is 28.2 Å². The van der Waals surface area contributed by atoms with Crippen LogP contribution in [0.25, 0.3) is 10.2 Å². The largest absolute Gasteiger partial charge is 0.375 e. The topological polar surface area (TPSA) is 54.5 Å². The van der Waals surface area contributed by atoms with Crippen LogP contribution in [-0.2, 0) is 16.1 Å². The summed E-state index contributed by atoms with van der Waals surface area (Å²) in [5.41, 5.74) is 2.15. The average Bonchev–Trinajstić information content (AvgIpc) is 3.08. The second kappa shape index (κ2) is 9.31. The van der Waals surface area contributed by atoms with Gasteiger partial charge in [0.1, 0.15) is 11.6 Å². The number of aromatic nitrogens is 1. The van der Waals surface area contributed by atoms with Gasteiger partial charge in [-0.1, -0.05) is 30.3 Å². The van der Waals surface area contributed by atoms with Gasteiger partial charge in [-0.3, -0.25) is 4.79 Å². The highest BCUT2D eigenvalue weighted by Gasteiger charge is 2.06. The number of fused-ring (bicyclic) bond motifs is 1. The summed E-state index contributed by atoms with van der Waals surface area (Å²) in [6.45, 7) is 1.95. The van der Waals surface area contributed by atoms with Crippen LogP contribution in [0.1, 0.15) is 11.4 Å². The van der Waals surface area contributed by atoms with E-state index in [1.165, 1.54) is 5.69 Å². The van der Waals surface area contributed by atoms with Crippen LogP contribution in [0.5, 0.6) is 0 Å². The second-order valence-corrected chi connectivity index (χ2v) is 7.14. The molecular formula is C20H23N3O2S. The molecule has 0 atom stereocenters. The Morgan fingerprint density at radius 1 is 1.15 bits per heavy atom. The number of hydrogen-bond donors (Lipinski definition) is 1. The van der Waals surface area contributed by atoms with Gasteiger partial charge in [0.15, 0.2) is 0 Å². The SMILES string of the molecule is CN(CCCNC(=O)COCc1nc2ccccc2s1)c1ccccc1. The van der Waals surface area contributed by atoms with Crippen LogP contribution in [0.3, 0.4) is 0 Å². The van der Waals surface area contributed by atoms with Crippen LogP contribution in [0.4, 0.5) is 5.69 Å². The Kier molecular flexibility index (Phi) is 6.57. The Morgan fingerprint density at radius 3 is 2.73 bits per heavy atom. The molecule has 3 rings (SSSR count). The molecule has 1 N–H and O–H groups in total. The molecule has 26 heavy (non-hydrogen) atoms. The van der Waals surface area contributed by atoms with Gasteiger partial charge in [-0.25, -0.2) is 4.98 Å². The third-order valence-electron chi connectivity index (χ3n) is 3.99. The van der Waals surface area contributed by atoms with Crippen LogP contribution in [0, 0.1) is 0 Å². The first kappa shape index (κ1) is 18.4. The first-order chi connectivity index (χ1) is 12.7. The third kappa shape index (κ3) is 5.28. The molecule has 0 saturated heterocycles. The predicted octanol–water partition coefficient (Wildman–Crippen LogP) is 3.46. The number of carbonyl (C=O) groups excluding carboxylic acids is 1. The maximum Gasteiger partial charge on any atom is 0.246 e. The minimum absolute atomic E-state index is 0.0600. The van der Waals surface area contributed by atoms with Crippen LogP contribution in [-0.4, -0.2) is 37.6 Å². The monoisotopic (exact) mass is 369 g/mol. The Hall–Kier alpha value is -2.44. The van der Waals surface area contributed by atoms with Gasteiger partial charge in [-0.2, -0.15) is 0 Å². The molecule has 0 fully saturated rings. The van der Waals surface area contributed by atoms with Crippen molar-refractivity contribution in [3.8, 4) is 0 Å². The minimum atomic E-state index is -0.0894. The van der Waals surface area contributed by atoms with E-state index in [1.807, 2.05) is 42.5 Å². The van der Waals surface area contributed by atoms with Crippen molar-refractivity contribution >= 4 is 33.1 Å². The molecule has 0 aliphatic carbocycles. The number of rotatable bonds is 9. The number of carbonyl (C=O) groups is 1. The van der Waals surface area contributed by atoms with E-state index < -0.39 is 0 Å². The molecule has 1 aromatic heterocycles. The number of amides is 1. The van der Waals surface area contributed by atoms with Gasteiger partial charge in [0.05, 0.1) is 16.8 Å². The summed E-state index contributed by atoms with van der Waals surface area (Å²) in [7, 11) is 2.05. The van der Waals surface area contributed by atoms with Crippen LogP contribution < -0.4 is 10.2 Å². The average molecular weight is 369 g/mol. The van der Waals surface area contributed by atoms with E-state index in [4.69, 9.17) is 4.74 Å². The molecule has 0 aliphatic heterocycles. The minimum Gasteiger partial charge on any atom is -0.375 e. The molecule has 2 aromatic carbocycles. The molecule has 5 nitrogen and oxygen atoms in total. The zero-order chi connectivity index (χ0) is 18.2. The van der Waals surface area contributed by atoms with Crippen molar-refractivity contribution in [2.75, 3.05) is 31.6 Å². The fraction of sp³-hybridized carbons (Fsp3) is 0.300. The van der Waals surface area contributed by atoms with E-state index >= 15 is 0 Å². The summed E-state index contributed by atoms with van der Waals surface area (Å²) in [6.07, 6.45) is 0.884. The summed E-state index contributed by atoms with van der Waals surface area (Å²) >= 11 is 1.60. The highest BCUT2D eigenvalue weighted by atomic mass is 32.1. The Bertz CT molecular complexity index is 802. The summed E-state index contributed by atoms with van der Waals surface area (Å²) in [5.74, 6) is -0.0894. The predicted molar refractivity (Wildman–Crippen MR) is 107 cm³/mol. The smallest absolute Gasteiger partial charge is 0.246 e. The molecule has 0 bridgehead atoms. The second-order valence-electron chi connectivity index (χ2n) is 6.03. The summed E-state index contributed by atoms with van der Waals surface area (Å²) in [6, 6.07) is 18.2. The van der Waals surface area contributed by atoms with E-state index in [-0.39, 0.29) is 12.5 Å². The van der Waals surface area contributed by atoms with Gasteiger partial charge in [0, 0.05) is 25.8 Å². The number of anilines is 1. The molecule has 0 saturated carbocycles. The van der Waals surface area contributed by atoms with E-state index in [0.29, 0.717) is 13.2 Å². The van der Waals surface area contributed by atoms with Crippen molar-refractivity contribution in [3.05, 3.63) is 59.6 Å². The first-order valence-corrected chi connectivity index (χ1v) is 9.49. The number of hydrogen-bond acceptors (Lipinski definition) is 5. The van der Waals surface area contributed by atoms with Gasteiger partial charge in [0.2, 0.25) is 5.91 Å². The molecule has 0 unspecified atom stereocenters. The zero-order valence-corrected chi connectivity index (χ0v) is 15.7. The fourth-order valence-electron chi connectivity index (χ4n) is 2.62. The van der Waals surface area contributed by atoms with Crippen molar-refractivity contribution in [2.45, 2.75) is 13.0 Å². The molecule has 6 heteroatoms. The molecule has 136 valence electrons. The van der Waals surface area contributed by atoms with Crippen LogP contribution in [0.2, 0.25) is 0 Å². The Balaban J connectivity index is 1.30. The fourth-order valence-corrected chi connectivity index (χ4v) is 3.52. The van der Waals surface area contributed by atoms with Crippen molar-refractivity contribution in [3.63, 3.8) is 0 Å². The lowest BCUT2D eigenvalue weighted by Crippen LogP contribution is -2.30. The van der Waals surface area contributed by atoms with Crippen LogP contribution >= 0.6 is 11.3 Å². The van der Waals surface area contributed by atoms with Gasteiger partial charge >= 0.3 is 0 Å². The molecule has 1 heterocycles. The van der Waals surface area contributed by atoms with Gasteiger partial charge < -0.3 is 15.0 Å². The maximum atomic E-state index is 11.9. The summed E-state index contributed by atoms with van der Waals surface area (Å²) in [5, 5.41) is 3.79. The maximum absolute atomic E-state index is 11.9. The lowest BCUT2D eigenvalue weighted by molar-refractivity contribution is -0.126. The van der Waals surface area contributed by atoms with Gasteiger partial charge in [-0.15, -0.1) is 11.3 Å². The lowest BCUT2D eigenvalue weighted by Gasteiger charge is -2.19. The molecule has 0 radical (unpaired) electrons. The van der Waals surface area contributed by atoms with Crippen LogP contribution in [0.15, 0.2) is 54.6 Å². The van der Waals surface area contributed by atoms with Gasteiger partial charge in [-0.05, 0) is 30.7 Å². The normalized spacial score (nSPS) is 10.8. The number of thiazole rings is 1. The van der Waals surface area contributed by atoms with E-state index in [9.17, 15) is 4.79 Å². The summed E-state index contributed by atoms with van der Waals surface area (Å²) in [4.78, 5) is 18.5. The van der Waals surface area contributed by atoms with E-state index in [2.05, 4.69) is 34.4 Å². The number of nitrogens with zero attached hydrogens (tertiary/aromatic N) is 2. The van der Waals surface area contributed by atoms with Crippen molar-refractivity contribution in [2.24, 2.45) is 0 Å². The third-order valence-corrected chi connectivity index (χ3v) is 5.00. The molecule has 0 aliphatic rings. The number of benzene rings is 2. The molecule has 0 spiro atoms. The van der Waals surface area contributed by atoms with Crippen molar-refractivity contribution < 1.29 is 9.53 Å². The standard InChI is InChI=1S/C20H23N3O2S/c1-23(16-8-3-2-4-9-16)13-7-12-21-19(24)14-25-15-20-22-17-10-5-6-11-18(17)26-20/h2-6,8-11H,7,12-15H2,1H3,(H,21,24). The first-order valence-electron chi connectivity index (χ1n) is 8.67.